The molecule has 2 atom stereocenters. The van der Waals surface area contributed by atoms with E-state index >= 15 is 0 Å². The van der Waals surface area contributed by atoms with Crippen LogP contribution in [-0.4, -0.2) is 22.1 Å². The molecule has 2 aliphatic rings. The summed E-state index contributed by atoms with van der Waals surface area (Å²) in [6.45, 7) is 0.472. The first-order valence-corrected chi connectivity index (χ1v) is 8.75. The first kappa shape index (κ1) is 15.3. The number of benzene rings is 2. The number of carbonyl (C=O) groups is 1. The molecule has 3 heteroatoms. The highest BCUT2D eigenvalue weighted by molar-refractivity contribution is 5.66. The number of hydrogen-bond acceptors (Lipinski definition) is 1. The maximum atomic E-state index is 12.0. The van der Waals surface area contributed by atoms with E-state index in [2.05, 4.69) is 24.3 Å². The van der Waals surface area contributed by atoms with Crippen LogP contribution in [0.3, 0.4) is 0 Å². The molecule has 0 heterocycles. The van der Waals surface area contributed by atoms with Crippen molar-refractivity contribution in [1.29, 1.82) is 0 Å². The molecule has 0 saturated heterocycles. The van der Waals surface area contributed by atoms with Crippen molar-refractivity contribution in [2.24, 2.45) is 5.41 Å². The fourth-order valence-electron chi connectivity index (χ4n) is 4.33. The van der Waals surface area contributed by atoms with Crippen LogP contribution in [0.4, 0.5) is 4.79 Å². The van der Waals surface area contributed by atoms with Crippen molar-refractivity contribution in [3.8, 4) is 0 Å². The highest BCUT2D eigenvalue weighted by atomic mass is 16.4. The van der Waals surface area contributed by atoms with Crippen LogP contribution in [0, 0.1) is 5.41 Å². The molecular weight excluding hydrogens is 298 g/mol. The summed E-state index contributed by atoms with van der Waals surface area (Å²) in [4.78, 5) is 13.7. The Labute approximate surface area is 142 Å². The Kier molecular flexibility index (Phi) is 3.79. The summed E-state index contributed by atoms with van der Waals surface area (Å²) in [5, 5.41) is 9.88. The van der Waals surface area contributed by atoms with Gasteiger partial charge in [-0.2, -0.15) is 0 Å². The van der Waals surface area contributed by atoms with Gasteiger partial charge >= 0.3 is 6.09 Å². The summed E-state index contributed by atoms with van der Waals surface area (Å²) in [7, 11) is 0. The molecule has 0 aromatic heterocycles. The Bertz CT molecular complexity index is 709. The first-order chi connectivity index (χ1) is 11.7. The molecule has 2 fully saturated rings. The molecule has 0 bridgehead atoms. The molecule has 0 unspecified atom stereocenters. The zero-order valence-electron chi connectivity index (χ0n) is 13.8. The first-order valence-electron chi connectivity index (χ1n) is 8.75. The molecule has 2 aromatic rings. The second kappa shape index (κ2) is 5.97. The van der Waals surface area contributed by atoms with Crippen LogP contribution < -0.4 is 0 Å². The van der Waals surface area contributed by atoms with E-state index in [1.807, 2.05) is 36.4 Å². The molecule has 124 valence electrons. The average molecular weight is 321 g/mol. The van der Waals surface area contributed by atoms with Crippen LogP contribution in [0.1, 0.15) is 42.7 Å². The van der Waals surface area contributed by atoms with E-state index < -0.39 is 6.09 Å². The fourth-order valence-corrected chi connectivity index (χ4v) is 4.33. The Hall–Kier alpha value is -2.29. The van der Waals surface area contributed by atoms with E-state index in [4.69, 9.17) is 0 Å². The van der Waals surface area contributed by atoms with Gasteiger partial charge in [0, 0.05) is 18.5 Å². The minimum Gasteiger partial charge on any atom is -0.465 e. The minimum atomic E-state index is -0.803. The number of rotatable bonds is 4. The van der Waals surface area contributed by atoms with E-state index in [0.29, 0.717) is 17.9 Å². The van der Waals surface area contributed by atoms with Crippen molar-refractivity contribution in [2.45, 2.75) is 44.2 Å². The zero-order chi connectivity index (χ0) is 16.6. The predicted octanol–water partition coefficient (Wildman–Crippen LogP) is 4.89. The Morgan fingerprint density at radius 2 is 1.62 bits per heavy atom. The summed E-state index contributed by atoms with van der Waals surface area (Å²) in [5.41, 5.74) is 2.74. The van der Waals surface area contributed by atoms with Crippen LogP contribution in [0.15, 0.2) is 60.7 Å². The topological polar surface area (TPSA) is 40.5 Å². The average Bonchev–Trinajstić information content (AvgIpc) is 3.25. The molecule has 2 aromatic carbocycles. The summed E-state index contributed by atoms with van der Waals surface area (Å²) in [6, 6.07) is 20.5. The van der Waals surface area contributed by atoms with Crippen LogP contribution in [-0.2, 0) is 6.54 Å². The van der Waals surface area contributed by atoms with Gasteiger partial charge in [-0.1, -0.05) is 60.7 Å². The summed E-state index contributed by atoms with van der Waals surface area (Å²) < 4.78 is 0. The largest absolute Gasteiger partial charge is 0.465 e. The lowest BCUT2D eigenvalue weighted by Crippen LogP contribution is -2.40. The Morgan fingerprint density at radius 3 is 2.21 bits per heavy atom. The van der Waals surface area contributed by atoms with Crippen LogP contribution in [0.5, 0.6) is 0 Å². The molecular formula is C21H23NO2. The lowest BCUT2D eigenvalue weighted by Gasteiger charge is -2.31. The summed E-state index contributed by atoms with van der Waals surface area (Å²) in [5.74, 6) is 0.313. The van der Waals surface area contributed by atoms with E-state index in [-0.39, 0.29) is 6.04 Å². The molecule has 1 N–H and O–H groups in total. The standard InChI is InChI=1S/C21H23NO2/c23-20(24)22(15-16-7-3-1-4-8-16)19-14-21(11-12-21)13-18(19)17-9-5-2-6-10-17/h1-10,18-19H,11-15H2,(H,23,24)/t18-,19+/m0/s1. The zero-order valence-corrected chi connectivity index (χ0v) is 13.8. The van der Waals surface area contributed by atoms with Crippen molar-refractivity contribution in [3.63, 3.8) is 0 Å². The van der Waals surface area contributed by atoms with Gasteiger partial charge in [-0.05, 0) is 42.2 Å². The van der Waals surface area contributed by atoms with Crippen molar-refractivity contribution in [2.75, 3.05) is 0 Å². The van der Waals surface area contributed by atoms with Crippen LogP contribution in [0.25, 0.3) is 0 Å². The SMILES string of the molecule is O=C(O)N(Cc1ccccc1)[C@@H]1CC2(CC2)C[C@H]1c1ccccc1. The molecule has 0 aliphatic heterocycles. The van der Waals surface area contributed by atoms with Gasteiger partial charge in [0.25, 0.3) is 0 Å². The van der Waals surface area contributed by atoms with Gasteiger partial charge in [0.2, 0.25) is 0 Å². The smallest absolute Gasteiger partial charge is 0.407 e. The maximum absolute atomic E-state index is 12.0. The van der Waals surface area contributed by atoms with Crippen molar-refractivity contribution in [3.05, 3.63) is 71.8 Å². The van der Waals surface area contributed by atoms with Gasteiger partial charge in [0.1, 0.15) is 0 Å². The van der Waals surface area contributed by atoms with Gasteiger partial charge in [0.15, 0.2) is 0 Å². The van der Waals surface area contributed by atoms with Crippen LogP contribution >= 0.6 is 0 Å². The van der Waals surface area contributed by atoms with Gasteiger partial charge in [-0.25, -0.2) is 4.79 Å². The summed E-state index contributed by atoms with van der Waals surface area (Å²) in [6.07, 6.45) is 3.84. The van der Waals surface area contributed by atoms with E-state index in [0.717, 1.165) is 18.4 Å². The van der Waals surface area contributed by atoms with Gasteiger partial charge in [-0.3, -0.25) is 0 Å². The van der Waals surface area contributed by atoms with Gasteiger partial charge < -0.3 is 10.0 Å². The molecule has 24 heavy (non-hydrogen) atoms. The fraction of sp³-hybridized carbons (Fsp3) is 0.381. The normalized spacial score (nSPS) is 24.0. The third-order valence-corrected chi connectivity index (χ3v) is 5.79. The van der Waals surface area contributed by atoms with E-state index in [1.165, 1.54) is 18.4 Å². The number of hydrogen-bond donors (Lipinski definition) is 1. The molecule has 2 aliphatic carbocycles. The van der Waals surface area contributed by atoms with Crippen LogP contribution in [0.2, 0.25) is 0 Å². The third-order valence-electron chi connectivity index (χ3n) is 5.79. The maximum Gasteiger partial charge on any atom is 0.407 e. The molecule has 1 spiro atoms. The lowest BCUT2D eigenvalue weighted by molar-refractivity contribution is 0.115. The van der Waals surface area contributed by atoms with E-state index in [9.17, 15) is 9.90 Å². The third kappa shape index (κ3) is 2.91. The molecule has 1 amide bonds. The van der Waals surface area contributed by atoms with Gasteiger partial charge in [0.05, 0.1) is 0 Å². The predicted molar refractivity (Wildman–Crippen MR) is 93.9 cm³/mol. The lowest BCUT2D eigenvalue weighted by atomic mass is 9.92. The number of carboxylic acid groups (broad SMARTS) is 1. The second-order valence-electron chi connectivity index (χ2n) is 7.39. The number of amides is 1. The number of nitrogens with zero attached hydrogens (tertiary/aromatic N) is 1. The van der Waals surface area contributed by atoms with Gasteiger partial charge in [-0.15, -0.1) is 0 Å². The summed E-state index contributed by atoms with van der Waals surface area (Å²) >= 11 is 0. The Morgan fingerprint density at radius 1 is 1.00 bits per heavy atom. The van der Waals surface area contributed by atoms with Crippen molar-refractivity contribution < 1.29 is 9.90 Å². The highest BCUT2D eigenvalue weighted by Gasteiger charge is 2.55. The quantitative estimate of drug-likeness (QED) is 0.870. The second-order valence-corrected chi connectivity index (χ2v) is 7.39. The Balaban J connectivity index is 1.63. The van der Waals surface area contributed by atoms with Crippen molar-refractivity contribution >= 4 is 6.09 Å². The molecule has 2 saturated carbocycles. The molecule has 4 rings (SSSR count). The monoisotopic (exact) mass is 321 g/mol. The van der Waals surface area contributed by atoms with E-state index in [1.54, 1.807) is 4.90 Å². The molecule has 3 nitrogen and oxygen atoms in total. The highest BCUT2D eigenvalue weighted by Crippen LogP contribution is 2.62. The minimum absolute atomic E-state index is 0.0765. The van der Waals surface area contributed by atoms with Crippen molar-refractivity contribution in [1.82, 2.24) is 4.90 Å². The molecule has 0 radical (unpaired) electrons.